The number of halogens is 2. The largest absolute Gasteiger partial charge is 0.342 e. The van der Waals surface area contributed by atoms with E-state index in [1.165, 1.54) is 6.07 Å². The lowest BCUT2D eigenvalue weighted by atomic mass is 9.87. The first-order chi connectivity index (χ1) is 11.2. The summed E-state index contributed by atoms with van der Waals surface area (Å²) in [6.07, 6.45) is 4.04. The normalized spacial score (nSPS) is 21.5. The average Bonchev–Trinajstić information content (AvgIpc) is 2.50. The number of rotatable bonds is 5. The lowest BCUT2D eigenvalue weighted by Gasteiger charge is -2.33. The SMILES string of the molecule is CC1CCC(N(C)C(=O)CS(=O)(=O)Cc2ccc(Cl)c(Cl)c2)CC1. The molecule has 24 heavy (non-hydrogen) atoms. The van der Waals surface area contributed by atoms with Crippen LogP contribution in [-0.2, 0) is 20.4 Å². The van der Waals surface area contributed by atoms with E-state index in [0.29, 0.717) is 21.5 Å². The molecule has 2 rings (SSSR count). The Hall–Kier alpha value is -0.780. The molecule has 0 aromatic heterocycles. The van der Waals surface area contributed by atoms with Crippen LogP contribution in [-0.4, -0.2) is 38.1 Å². The molecule has 1 aliphatic carbocycles. The van der Waals surface area contributed by atoms with E-state index in [-0.39, 0.29) is 17.7 Å². The fourth-order valence-corrected chi connectivity index (χ4v) is 4.75. The maximum atomic E-state index is 12.4. The zero-order valence-corrected chi connectivity index (χ0v) is 16.3. The van der Waals surface area contributed by atoms with Crippen LogP contribution in [0.3, 0.4) is 0 Å². The number of carbonyl (C=O) groups excluding carboxylic acids is 1. The zero-order valence-electron chi connectivity index (χ0n) is 14.0. The van der Waals surface area contributed by atoms with Gasteiger partial charge in [0.1, 0.15) is 5.75 Å². The molecule has 0 aliphatic heterocycles. The third-order valence-corrected chi connectivity index (χ3v) is 6.84. The van der Waals surface area contributed by atoms with Gasteiger partial charge in [-0.3, -0.25) is 4.79 Å². The molecular formula is C17H23Cl2NO3S. The smallest absolute Gasteiger partial charge is 0.237 e. The van der Waals surface area contributed by atoms with Gasteiger partial charge < -0.3 is 4.90 Å². The summed E-state index contributed by atoms with van der Waals surface area (Å²) in [6.45, 7) is 2.21. The highest BCUT2D eigenvalue weighted by atomic mass is 35.5. The summed E-state index contributed by atoms with van der Waals surface area (Å²) in [5.74, 6) is -0.348. The van der Waals surface area contributed by atoms with Crippen LogP contribution < -0.4 is 0 Å². The molecular weight excluding hydrogens is 369 g/mol. The van der Waals surface area contributed by atoms with Crippen molar-refractivity contribution in [3.8, 4) is 0 Å². The molecule has 1 saturated carbocycles. The number of amides is 1. The summed E-state index contributed by atoms with van der Waals surface area (Å²) in [5, 5.41) is 0.685. The molecule has 1 aromatic carbocycles. The summed E-state index contributed by atoms with van der Waals surface area (Å²) in [5.41, 5.74) is 0.534. The molecule has 0 atom stereocenters. The Morgan fingerprint density at radius 3 is 2.38 bits per heavy atom. The summed E-state index contributed by atoms with van der Waals surface area (Å²) in [7, 11) is -1.84. The first kappa shape index (κ1) is 19.5. The standard InChI is InChI=1S/C17H23Cl2NO3S/c1-12-3-6-14(7-4-12)20(2)17(21)11-24(22,23)10-13-5-8-15(18)16(19)9-13/h5,8-9,12,14H,3-4,6-7,10-11H2,1-2H3. The third kappa shape index (κ3) is 5.36. The van der Waals surface area contributed by atoms with Gasteiger partial charge in [-0.05, 0) is 49.3 Å². The van der Waals surface area contributed by atoms with Crippen molar-refractivity contribution >= 4 is 38.9 Å². The molecule has 0 heterocycles. The quantitative estimate of drug-likeness (QED) is 0.763. The monoisotopic (exact) mass is 391 g/mol. The zero-order chi connectivity index (χ0) is 17.9. The third-order valence-electron chi connectivity index (χ3n) is 4.64. The number of sulfone groups is 1. The van der Waals surface area contributed by atoms with E-state index < -0.39 is 15.6 Å². The van der Waals surface area contributed by atoms with Gasteiger partial charge in [-0.15, -0.1) is 0 Å². The fourth-order valence-electron chi connectivity index (χ4n) is 3.06. The maximum absolute atomic E-state index is 12.4. The number of benzene rings is 1. The van der Waals surface area contributed by atoms with Crippen molar-refractivity contribution < 1.29 is 13.2 Å². The van der Waals surface area contributed by atoms with Gasteiger partial charge in [-0.25, -0.2) is 8.42 Å². The second-order valence-corrected chi connectivity index (χ2v) is 9.58. The molecule has 134 valence electrons. The molecule has 1 fully saturated rings. The van der Waals surface area contributed by atoms with Crippen molar-refractivity contribution in [3.63, 3.8) is 0 Å². The van der Waals surface area contributed by atoms with Gasteiger partial charge in [-0.1, -0.05) is 36.2 Å². The summed E-state index contributed by atoms with van der Waals surface area (Å²) in [4.78, 5) is 14.0. The summed E-state index contributed by atoms with van der Waals surface area (Å²) >= 11 is 11.7. The highest BCUT2D eigenvalue weighted by molar-refractivity contribution is 7.91. The van der Waals surface area contributed by atoms with Crippen LogP contribution in [0.5, 0.6) is 0 Å². The van der Waals surface area contributed by atoms with Gasteiger partial charge in [0.05, 0.1) is 15.8 Å². The second-order valence-electron chi connectivity index (χ2n) is 6.70. The van der Waals surface area contributed by atoms with Crippen LogP contribution in [0.1, 0.15) is 38.2 Å². The van der Waals surface area contributed by atoms with Crippen LogP contribution in [0.2, 0.25) is 10.0 Å². The van der Waals surface area contributed by atoms with Crippen molar-refractivity contribution in [2.24, 2.45) is 5.92 Å². The Labute approximate surface area is 154 Å². The van der Waals surface area contributed by atoms with E-state index in [0.717, 1.165) is 25.7 Å². The first-order valence-electron chi connectivity index (χ1n) is 8.08. The van der Waals surface area contributed by atoms with Crippen LogP contribution in [0.4, 0.5) is 0 Å². The second kappa shape index (κ2) is 8.07. The van der Waals surface area contributed by atoms with E-state index in [9.17, 15) is 13.2 Å². The molecule has 0 saturated heterocycles. The minimum absolute atomic E-state index is 0.147. The molecule has 1 aliphatic rings. The van der Waals surface area contributed by atoms with Crippen molar-refractivity contribution in [3.05, 3.63) is 33.8 Å². The van der Waals surface area contributed by atoms with Crippen LogP contribution >= 0.6 is 23.2 Å². The van der Waals surface area contributed by atoms with Crippen LogP contribution in [0, 0.1) is 5.92 Å². The molecule has 1 amide bonds. The molecule has 4 nitrogen and oxygen atoms in total. The van der Waals surface area contributed by atoms with E-state index in [2.05, 4.69) is 6.92 Å². The highest BCUT2D eigenvalue weighted by Gasteiger charge is 2.27. The maximum Gasteiger partial charge on any atom is 0.237 e. The van der Waals surface area contributed by atoms with Gasteiger partial charge in [0, 0.05) is 13.1 Å². The Kier molecular flexibility index (Phi) is 6.57. The lowest BCUT2D eigenvalue weighted by Crippen LogP contribution is -2.42. The molecule has 0 spiro atoms. The van der Waals surface area contributed by atoms with Crippen molar-refractivity contribution in [2.45, 2.75) is 44.4 Å². The first-order valence-corrected chi connectivity index (χ1v) is 10.7. The van der Waals surface area contributed by atoms with Gasteiger partial charge in [0.2, 0.25) is 5.91 Å². The lowest BCUT2D eigenvalue weighted by molar-refractivity contribution is -0.129. The van der Waals surface area contributed by atoms with E-state index in [1.807, 2.05) is 0 Å². The Morgan fingerprint density at radius 2 is 1.79 bits per heavy atom. The predicted molar refractivity (Wildman–Crippen MR) is 98.1 cm³/mol. The Morgan fingerprint density at radius 1 is 1.17 bits per heavy atom. The fraction of sp³-hybridized carbons (Fsp3) is 0.588. The van der Waals surface area contributed by atoms with Gasteiger partial charge in [-0.2, -0.15) is 0 Å². The van der Waals surface area contributed by atoms with Crippen molar-refractivity contribution in [1.29, 1.82) is 0 Å². The highest BCUT2D eigenvalue weighted by Crippen LogP contribution is 2.27. The molecule has 0 bridgehead atoms. The number of hydrogen-bond donors (Lipinski definition) is 0. The topological polar surface area (TPSA) is 54.5 Å². The van der Waals surface area contributed by atoms with Crippen molar-refractivity contribution in [1.82, 2.24) is 4.90 Å². The molecule has 0 radical (unpaired) electrons. The molecule has 1 aromatic rings. The number of nitrogens with zero attached hydrogens (tertiary/aromatic N) is 1. The minimum Gasteiger partial charge on any atom is -0.342 e. The van der Waals surface area contributed by atoms with Gasteiger partial charge in [0.15, 0.2) is 9.84 Å². The Balaban J connectivity index is 1.97. The van der Waals surface area contributed by atoms with E-state index in [1.54, 1.807) is 24.1 Å². The number of carbonyl (C=O) groups is 1. The van der Waals surface area contributed by atoms with Crippen molar-refractivity contribution in [2.75, 3.05) is 12.8 Å². The van der Waals surface area contributed by atoms with Gasteiger partial charge >= 0.3 is 0 Å². The predicted octanol–water partition coefficient (Wildman–Crippen LogP) is 3.95. The molecule has 7 heteroatoms. The van der Waals surface area contributed by atoms with Gasteiger partial charge in [0.25, 0.3) is 0 Å². The molecule has 0 unspecified atom stereocenters. The minimum atomic E-state index is -3.55. The van der Waals surface area contributed by atoms with Crippen LogP contribution in [0.25, 0.3) is 0 Å². The average molecular weight is 392 g/mol. The Bertz CT molecular complexity index is 698. The summed E-state index contributed by atoms with van der Waals surface area (Å²) < 4.78 is 24.6. The van der Waals surface area contributed by atoms with E-state index >= 15 is 0 Å². The number of hydrogen-bond acceptors (Lipinski definition) is 3. The van der Waals surface area contributed by atoms with E-state index in [4.69, 9.17) is 23.2 Å². The molecule has 0 N–H and O–H groups in total. The summed E-state index contributed by atoms with van der Waals surface area (Å²) in [6, 6.07) is 4.85. The van der Waals surface area contributed by atoms with Crippen LogP contribution in [0.15, 0.2) is 18.2 Å².